The molecule has 2 heterocycles. The highest BCUT2D eigenvalue weighted by Crippen LogP contribution is 2.24. The van der Waals surface area contributed by atoms with Crippen molar-refractivity contribution < 1.29 is 4.42 Å². The fourth-order valence-electron chi connectivity index (χ4n) is 1.06. The summed E-state index contributed by atoms with van der Waals surface area (Å²) in [7, 11) is 0. The lowest BCUT2D eigenvalue weighted by Crippen LogP contribution is -1.84. The van der Waals surface area contributed by atoms with Crippen LogP contribution in [0.2, 0.25) is 0 Å². The number of aromatic nitrogens is 2. The largest absolute Gasteiger partial charge is 0.460 e. The number of nitrogens with one attached hydrogen (secondary N) is 1. The van der Waals surface area contributed by atoms with Gasteiger partial charge in [-0.2, -0.15) is 5.10 Å². The maximum atomic E-state index is 5.63. The van der Waals surface area contributed by atoms with Crippen molar-refractivity contribution in [3.05, 3.63) is 24.1 Å². The van der Waals surface area contributed by atoms with Gasteiger partial charge in [0.1, 0.15) is 11.5 Å². The van der Waals surface area contributed by atoms with Gasteiger partial charge in [-0.05, 0) is 19.1 Å². The molecule has 12 heavy (non-hydrogen) atoms. The fourth-order valence-corrected chi connectivity index (χ4v) is 1.06. The molecule has 0 aromatic carbocycles. The van der Waals surface area contributed by atoms with Crippen LogP contribution in [0.3, 0.4) is 0 Å². The molecule has 0 aliphatic carbocycles. The van der Waals surface area contributed by atoms with E-state index in [1.807, 2.05) is 19.1 Å². The second kappa shape index (κ2) is 2.41. The summed E-state index contributed by atoms with van der Waals surface area (Å²) < 4.78 is 5.36. The molecule has 2 rings (SSSR count). The van der Waals surface area contributed by atoms with Crippen LogP contribution in [0.25, 0.3) is 11.5 Å². The van der Waals surface area contributed by atoms with Crippen LogP contribution in [0.5, 0.6) is 0 Å². The summed E-state index contributed by atoms with van der Waals surface area (Å²) >= 11 is 0. The molecule has 2 aromatic heterocycles. The van der Waals surface area contributed by atoms with Gasteiger partial charge in [0.25, 0.3) is 0 Å². The van der Waals surface area contributed by atoms with Crippen LogP contribution in [-0.2, 0) is 0 Å². The first-order valence-electron chi connectivity index (χ1n) is 3.63. The zero-order valence-electron chi connectivity index (χ0n) is 6.66. The zero-order chi connectivity index (χ0) is 8.55. The van der Waals surface area contributed by atoms with Crippen LogP contribution >= 0.6 is 0 Å². The monoisotopic (exact) mass is 163 g/mol. The number of anilines is 1. The second-order valence-corrected chi connectivity index (χ2v) is 2.61. The van der Waals surface area contributed by atoms with Crippen LogP contribution in [0.1, 0.15) is 5.76 Å². The van der Waals surface area contributed by atoms with Gasteiger partial charge in [-0.25, -0.2) is 0 Å². The number of nitrogens with two attached hydrogens (primary N) is 1. The number of hydrogen-bond acceptors (Lipinski definition) is 3. The van der Waals surface area contributed by atoms with Crippen molar-refractivity contribution in [2.75, 3.05) is 5.73 Å². The third-order valence-corrected chi connectivity index (χ3v) is 1.66. The number of nitrogens with zero attached hydrogens (tertiary/aromatic N) is 1. The molecule has 0 amide bonds. The first-order chi connectivity index (χ1) is 5.77. The molecule has 0 atom stereocenters. The Labute approximate surface area is 69.4 Å². The molecular weight excluding hydrogens is 154 g/mol. The van der Waals surface area contributed by atoms with Crippen molar-refractivity contribution in [3.8, 4) is 11.5 Å². The Balaban J connectivity index is 2.50. The Morgan fingerprint density at radius 3 is 2.83 bits per heavy atom. The smallest absolute Gasteiger partial charge is 0.154 e. The summed E-state index contributed by atoms with van der Waals surface area (Å²) in [4.78, 5) is 0. The van der Waals surface area contributed by atoms with E-state index in [1.54, 1.807) is 6.20 Å². The minimum atomic E-state index is 0.601. The SMILES string of the molecule is Cc1ccc(-c2[nH]ncc2N)o1. The van der Waals surface area contributed by atoms with Gasteiger partial charge in [0.2, 0.25) is 0 Å². The molecule has 4 nitrogen and oxygen atoms in total. The van der Waals surface area contributed by atoms with E-state index in [4.69, 9.17) is 10.2 Å². The molecule has 0 unspecified atom stereocenters. The van der Waals surface area contributed by atoms with Crippen molar-refractivity contribution in [2.45, 2.75) is 6.92 Å². The average molecular weight is 163 g/mol. The number of aryl methyl sites for hydroxylation is 1. The second-order valence-electron chi connectivity index (χ2n) is 2.61. The zero-order valence-corrected chi connectivity index (χ0v) is 6.66. The Bertz CT molecular complexity index is 388. The van der Waals surface area contributed by atoms with Gasteiger partial charge in [0.15, 0.2) is 5.76 Å². The van der Waals surface area contributed by atoms with Gasteiger partial charge < -0.3 is 10.2 Å². The van der Waals surface area contributed by atoms with E-state index in [0.717, 1.165) is 17.2 Å². The maximum absolute atomic E-state index is 5.63. The Kier molecular flexibility index (Phi) is 1.40. The molecule has 0 bridgehead atoms. The Morgan fingerprint density at radius 1 is 1.50 bits per heavy atom. The highest BCUT2D eigenvalue weighted by molar-refractivity contribution is 5.67. The molecule has 0 spiro atoms. The van der Waals surface area contributed by atoms with E-state index in [2.05, 4.69) is 10.2 Å². The molecule has 62 valence electrons. The topological polar surface area (TPSA) is 67.8 Å². The van der Waals surface area contributed by atoms with Gasteiger partial charge >= 0.3 is 0 Å². The van der Waals surface area contributed by atoms with Crippen molar-refractivity contribution in [1.82, 2.24) is 10.2 Å². The van der Waals surface area contributed by atoms with Crippen LogP contribution < -0.4 is 5.73 Å². The van der Waals surface area contributed by atoms with Gasteiger partial charge in [0.05, 0.1) is 11.9 Å². The first-order valence-corrected chi connectivity index (χ1v) is 3.63. The number of aromatic amines is 1. The third kappa shape index (κ3) is 0.972. The van der Waals surface area contributed by atoms with E-state index in [9.17, 15) is 0 Å². The molecule has 0 saturated carbocycles. The summed E-state index contributed by atoms with van der Waals surface area (Å²) in [6.45, 7) is 1.88. The molecule has 0 radical (unpaired) electrons. The lowest BCUT2D eigenvalue weighted by atomic mass is 10.3. The molecule has 0 aliphatic heterocycles. The maximum Gasteiger partial charge on any atom is 0.154 e. The number of hydrogen-bond donors (Lipinski definition) is 2. The van der Waals surface area contributed by atoms with E-state index < -0.39 is 0 Å². The predicted octanol–water partition coefficient (Wildman–Crippen LogP) is 1.56. The number of rotatable bonds is 1. The third-order valence-electron chi connectivity index (χ3n) is 1.66. The van der Waals surface area contributed by atoms with Gasteiger partial charge in [-0.15, -0.1) is 0 Å². The van der Waals surface area contributed by atoms with Crippen LogP contribution in [-0.4, -0.2) is 10.2 Å². The van der Waals surface area contributed by atoms with Crippen molar-refractivity contribution in [3.63, 3.8) is 0 Å². The normalized spacial score (nSPS) is 10.4. The van der Waals surface area contributed by atoms with Crippen LogP contribution in [0, 0.1) is 6.92 Å². The van der Waals surface area contributed by atoms with E-state index in [0.29, 0.717) is 5.69 Å². The van der Waals surface area contributed by atoms with Crippen molar-refractivity contribution in [1.29, 1.82) is 0 Å². The number of nitrogen functional groups attached to an aromatic ring is 1. The minimum Gasteiger partial charge on any atom is -0.460 e. The molecule has 0 fully saturated rings. The molecule has 2 aromatic rings. The minimum absolute atomic E-state index is 0.601. The van der Waals surface area contributed by atoms with Gasteiger partial charge in [-0.3, -0.25) is 5.10 Å². The predicted molar refractivity (Wildman–Crippen MR) is 45.4 cm³/mol. The van der Waals surface area contributed by atoms with Crippen LogP contribution in [0.15, 0.2) is 22.7 Å². The summed E-state index contributed by atoms with van der Waals surface area (Å²) in [6, 6.07) is 3.74. The summed E-state index contributed by atoms with van der Waals surface area (Å²) in [5, 5.41) is 6.56. The molecule has 3 N–H and O–H groups in total. The Morgan fingerprint density at radius 2 is 2.33 bits per heavy atom. The standard InChI is InChI=1S/C8H9N3O/c1-5-2-3-7(12-5)8-6(9)4-10-11-8/h2-4H,9H2,1H3,(H,10,11). The lowest BCUT2D eigenvalue weighted by molar-refractivity contribution is 0.546. The summed E-state index contributed by atoms with van der Waals surface area (Å²) in [5.74, 6) is 1.58. The van der Waals surface area contributed by atoms with Crippen molar-refractivity contribution in [2.24, 2.45) is 0 Å². The van der Waals surface area contributed by atoms with Gasteiger partial charge in [-0.1, -0.05) is 0 Å². The number of H-pyrrole nitrogens is 1. The number of furan rings is 1. The molecule has 4 heteroatoms. The van der Waals surface area contributed by atoms with E-state index >= 15 is 0 Å². The average Bonchev–Trinajstić information content (AvgIpc) is 2.58. The Hall–Kier alpha value is -1.71. The highest BCUT2D eigenvalue weighted by atomic mass is 16.3. The van der Waals surface area contributed by atoms with Crippen molar-refractivity contribution >= 4 is 5.69 Å². The fraction of sp³-hybridized carbons (Fsp3) is 0.125. The highest BCUT2D eigenvalue weighted by Gasteiger charge is 2.07. The van der Waals surface area contributed by atoms with E-state index in [1.165, 1.54) is 0 Å². The van der Waals surface area contributed by atoms with Crippen LogP contribution in [0.4, 0.5) is 5.69 Å². The summed E-state index contributed by atoms with van der Waals surface area (Å²) in [5.41, 5.74) is 6.97. The lowest BCUT2D eigenvalue weighted by Gasteiger charge is -1.91. The summed E-state index contributed by atoms with van der Waals surface area (Å²) in [6.07, 6.45) is 1.56. The molecule has 0 saturated heterocycles. The van der Waals surface area contributed by atoms with E-state index in [-0.39, 0.29) is 0 Å². The molecular formula is C8H9N3O. The first kappa shape index (κ1) is 6.97. The van der Waals surface area contributed by atoms with Gasteiger partial charge in [0, 0.05) is 0 Å². The quantitative estimate of drug-likeness (QED) is 0.670. The molecule has 0 aliphatic rings.